The Kier molecular flexibility index (Phi) is 4.46. The highest BCUT2D eigenvalue weighted by Crippen LogP contribution is 2.42. The number of carbonyl (C=O) groups is 2. The molecule has 2 aromatic carbocycles. The summed E-state index contributed by atoms with van der Waals surface area (Å²) in [4.78, 5) is 26.7. The number of amides is 2. The van der Waals surface area contributed by atoms with Crippen LogP contribution in [0.4, 0.5) is 5.69 Å². The zero-order valence-electron chi connectivity index (χ0n) is 16.3. The molecule has 1 N–H and O–H groups in total. The average molecular weight is 406 g/mol. The van der Waals surface area contributed by atoms with E-state index in [1.54, 1.807) is 11.8 Å². The van der Waals surface area contributed by atoms with E-state index in [0.29, 0.717) is 5.69 Å². The smallest absolute Gasteiger partial charge is 0.237 e. The molecule has 29 heavy (non-hydrogen) atoms. The van der Waals surface area contributed by atoms with Crippen LogP contribution in [0.25, 0.3) is 0 Å². The van der Waals surface area contributed by atoms with Crippen molar-refractivity contribution in [1.29, 1.82) is 0 Å². The van der Waals surface area contributed by atoms with E-state index in [1.807, 2.05) is 54.6 Å². The molecule has 148 valence electrons. The number of fused-ring (bicyclic) bond motifs is 1. The van der Waals surface area contributed by atoms with Gasteiger partial charge in [-0.2, -0.15) is 5.10 Å². The average Bonchev–Trinajstić information content (AvgIpc) is 3.28. The maximum Gasteiger partial charge on any atom is 0.237 e. The molecule has 2 aliphatic heterocycles. The second kappa shape index (κ2) is 7.02. The van der Waals surface area contributed by atoms with E-state index >= 15 is 0 Å². The number of carbonyl (C=O) groups excluding carboxylic acids is 2. The zero-order valence-corrected chi connectivity index (χ0v) is 17.1. The second-order valence-corrected chi connectivity index (χ2v) is 9.49. The number of rotatable bonds is 3. The van der Waals surface area contributed by atoms with Gasteiger partial charge in [-0.1, -0.05) is 67.1 Å². The zero-order chi connectivity index (χ0) is 20.0. The lowest BCUT2D eigenvalue weighted by Gasteiger charge is -2.24. The van der Waals surface area contributed by atoms with Gasteiger partial charge in [0.05, 0.1) is 17.5 Å². The Hall–Kier alpha value is -2.60. The Balaban J connectivity index is 1.36. The van der Waals surface area contributed by atoms with Crippen molar-refractivity contribution in [2.75, 3.05) is 4.90 Å². The number of imide groups is 1. The number of nitrogens with zero attached hydrogens (tertiary/aromatic N) is 2. The SMILES string of the molecule is CC1(c2ccc(N3C(=O)C4CCCCC4C3=O)cc2)NN=C(c2ccccc2)S1. The van der Waals surface area contributed by atoms with Crippen molar-refractivity contribution in [3.8, 4) is 0 Å². The van der Waals surface area contributed by atoms with Crippen molar-refractivity contribution in [3.63, 3.8) is 0 Å². The number of nitrogens with one attached hydrogen (secondary N) is 1. The Morgan fingerprint density at radius 2 is 1.59 bits per heavy atom. The summed E-state index contributed by atoms with van der Waals surface area (Å²) in [7, 11) is 0. The molecule has 3 unspecified atom stereocenters. The van der Waals surface area contributed by atoms with Gasteiger partial charge < -0.3 is 0 Å². The summed E-state index contributed by atoms with van der Waals surface area (Å²) >= 11 is 1.67. The van der Waals surface area contributed by atoms with Gasteiger partial charge in [-0.3, -0.25) is 19.9 Å². The summed E-state index contributed by atoms with van der Waals surface area (Å²) in [6.07, 6.45) is 3.75. The first kappa shape index (κ1) is 18.4. The van der Waals surface area contributed by atoms with E-state index < -0.39 is 4.87 Å². The highest BCUT2D eigenvalue weighted by atomic mass is 32.2. The number of anilines is 1. The number of hydrogen-bond acceptors (Lipinski definition) is 5. The summed E-state index contributed by atoms with van der Waals surface area (Å²) in [6, 6.07) is 17.8. The predicted molar refractivity (Wildman–Crippen MR) is 115 cm³/mol. The normalized spacial score (nSPS) is 28.9. The third-order valence-corrected chi connectivity index (χ3v) is 7.47. The minimum atomic E-state index is -0.392. The summed E-state index contributed by atoms with van der Waals surface area (Å²) in [5, 5.41) is 5.47. The maximum atomic E-state index is 12.8. The topological polar surface area (TPSA) is 61.8 Å². The first-order valence-corrected chi connectivity index (χ1v) is 11.0. The molecule has 6 heteroatoms. The van der Waals surface area contributed by atoms with Crippen molar-refractivity contribution >= 4 is 34.3 Å². The molecule has 0 spiro atoms. The van der Waals surface area contributed by atoms with E-state index in [2.05, 4.69) is 17.5 Å². The van der Waals surface area contributed by atoms with E-state index in [1.165, 1.54) is 4.90 Å². The van der Waals surface area contributed by atoms with Crippen LogP contribution < -0.4 is 10.3 Å². The monoisotopic (exact) mass is 405 g/mol. The number of hydrogen-bond donors (Lipinski definition) is 1. The highest BCUT2D eigenvalue weighted by molar-refractivity contribution is 8.15. The molecule has 2 aromatic rings. The fourth-order valence-electron chi connectivity index (χ4n) is 4.57. The minimum Gasteiger partial charge on any atom is -0.288 e. The van der Waals surface area contributed by atoms with Crippen LogP contribution in [0.15, 0.2) is 59.7 Å². The molecule has 2 fully saturated rings. The summed E-state index contributed by atoms with van der Waals surface area (Å²) in [5.74, 6) is -0.298. The summed E-state index contributed by atoms with van der Waals surface area (Å²) in [5.41, 5.74) is 6.06. The molecule has 3 aliphatic rings. The van der Waals surface area contributed by atoms with Crippen LogP contribution >= 0.6 is 11.8 Å². The Bertz CT molecular complexity index is 965. The van der Waals surface area contributed by atoms with Crippen LogP contribution in [0.1, 0.15) is 43.7 Å². The predicted octanol–water partition coefficient (Wildman–Crippen LogP) is 4.24. The van der Waals surface area contributed by atoms with Crippen LogP contribution in [0.2, 0.25) is 0 Å². The van der Waals surface area contributed by atoms with Crippen LogP contribution in [-0.4, -0.2) is 16.9 Å². The van der Waals surface area contributed by atoms with Gasteiger partial charge in [-0.15, -0.1) is 0 Å². The van der Waals surface area contributed by atoms with Crippen molar-refractivity contribution in [2.45, 2.75) is 37.5 Å². The lowest BCUT2D eigenvalue weighted by molar-refractivity contribution is -0.122. The lowest BCUT2D eigenvalue weighted by Crippen LogP contribution is -2.31. The Morgan fingerprint density at radius 1 is 0.966 bits per heavy atom. The van der Waals surface area contributed by atoms with Crippen molar-refractivity contribution in [2.24, 2.45) is 16.9 Å². The molecule has 1 aliphatic carbocycles. The third kappa shape index (κ3) is 3.06. The molecule has 1 saturated heterocycles. The van der Waals surface area contributed by atoms with Gasteiger partial charge in [0.25, 0.3) is 0 Å². The third-order valence-electron chi connectivity index (χ3n) is 6.21. The summed E-state index contributed by atoms with van der Waals surface area (Å²) < 4.78 is 0. The van der Waals surface area contributed by atoms with Gasteiger partial charge in [-0.05, 0) is 37.5 Å². The van der Waals surface area contributed by atoms with Crippen molar-refractivity contribution in [3.05, 3.63) is 65.7 Å². The molecule has 2 amide bonds. The first-order valence-electron chi connectivity index (χ1n) is 10.1. The van der Waals surface area contributed by atoms with Gasteiger partial charge in [0.15, 0.2) is 0 Å². The van der Waals surface area contributed by atoms with Gasteiger partial charge >= 0.3 is 0 Å². The van der Waals surface area contributed by atoms with Gasteiger partial charge in [0, 0.05) is 5.56 Å². The lowest BCUT2D eigenvalue weighted by atomic mass is 9.81. The number of thioether (sulfide) groups is 1. The van der Waals surface area contributed by atoms with Crippen LogP contribution in [0, 0.1) is 11.8 Å². The van der Waals surface area contributed by atoms with Crippen molar-refractivity contribution < 1.29 is 9.59 Å². The van der Waals surface area contributed by atoms with Gasteiger partial charge in [0.1, 0.15) is 9.91 Å². The Labute approximate surface area is 174 Å². The molecule has 0 aromatic heterocycles. The molecule has 0 radical (unpaired) electrons. The second-order valence-electron chi connectivity index (χ2n) is 8.09. The van der Waals surface area contributed by atoms with E-state index in [9.17, 15) is 9.59 Å². The molecular weight excluding hydrogens is 382 g/mol. The van der Waals surface area contributed by atoms with Gasteiger partial charge in [0.2, 0.25) is 11.8 Å². The molecule has 3 atom stereocenters. The fourth-order valence-corrected chi connectivity index (χ4v) is 5.65. The molecule has 0 bridgehead atoms. The maximum absolute atomic E-state index is 12.8. The summed E-state index contributed by atoms with van der Waals surface area (Å²) in [6.45, 7) is 2.09. The van der Waals surface area contributed by atoms with E-state index in [-0.39, 0.29) is 23.7 Å². The number of benzene rings is 2. The Morgan fingerprint density at radius 3 is 2.21 bits per heavy atom. The largest absolute Gasteiger partial charge is 0.288 e. The van der Waals surface area contributed by atoms with Crippen molar-refractivity contribution in [1.82, 2.24) is 5.43 Å². The first-order chi connectivity index (χ1) is 14.1. The molecule has 5 nitrogen and oxygen atoms in total. The molecule has 2 heterocycles. The number of hydrazone groups is 1. The fraction of sp³-hybridized carbons (Fsp3) is 0.348. The standard InChI is InChI=1S/C23H23N3O2S/c1-23(25-24-20(29-23)15-7-3-2-4-8-15)16-11-13-17(14-12-16)26-21(27)18-9-5-6-10-19(18)22(26)28/h2-4,7-8,11-14,18-19,25H,5-6,9-10H2,1H3. The minimum absolute atomic E-state index is 0.0262. The highest BCUT2D eigenvalue weighted by Gasteiger charge is 2.48. The van der Waals surface area contributed by atoms with E-state index in [0.717, 1.165) is 41.9 Å². The quantitative estimate of drug-likeness (QED) is 0.776. The molecular formula is C23H23N3O2S. The van der Waals surface area contributed by atoms with Crippen LogP contribution in [0.5, 0.6) is 0 Å². The van der Waals surface area contributed by atoms with Crippen LogP contribution in [-0.2, 0) is 14.5 Å². The van der Waals surface area contributed by atoms with Crippen LogP contribution in [0.3, 0.4) is 0 Å². The van der Waals surface area contributed by atoms with E-state index in [4.69, 9.17) is 0 Å². The molecule has 1 saturated carbocycles. The van der Waals surface area contributed by atoms with Gasteiger partial charge in [-0.25, -0.2) is 0 Å². The molecule has 5 rings (SSSR count).